The van der Waals surface area contributed by atoms with Crippen LogP contribution in [0.25, 0.3) is 11.3 Å². The molecule has 3 aromatic rings. The molecule has 0 unspecified atom stereocenters. The molecule has 1 aromatic carbocycles. The van der Waals surface area contributed by atoms with Crippen molar-refractivity contribution in [1.29, 1.82) is 0 Å². The maximum Gasteiger partial charge on any atom is 0.225 e. The molecule has 2 heterocycles. The van der Waals surface area contributed by atoms with Crippen molar-refractivity contribution >= 4 is 17.5 Å². The molecule has 0 aliphatic carbocycles. The molecule has 2 aromatic heterocycles. The van der Waals surface area contributed by atoms with Gasteiger partial charge in [-0.2, -0.15) is 4.98 Å². The minimum Gasteiger partial charge on any atom is -0.494 e. The molecule has 0 aliphatic rings. The average molecular weight is 382 g/mol. The van der Waals surface area contributed by atoms with Crippen molar-refractivity contribution in [1.82, 2.24) is 19.9 Å². The van der Waals surface area contributed by atoms with Crippen LogP contribution in [-0.4, -0.2) is 54.1 Å². The Balaban J connectivity index is 1.89. The Labute approximate surface area is 163 Å². The summed E-state index contributed by atoms with van der Waals surface area (Å²) in [5, 5.41) is 6.35. The van der Waals surface area contributed by atoms with E-state index in [1.807, 2.05) is 26.2 Å². The number of rotatable bonds is 8. The van der Waals surface area contributed by atoms with E-state index in [0.717, 1.165) is 12.1 Å². The van der Waals surface area contributed by atoms with Gasteiger partial charge < -0.3 is 20.3 Å². The molecule has 2 N–H and O–H groups in total. The lowest BCUT2D eigenvalue weighted by molar-refractivity contribution is 0.386. The number of halogens is 1. The van der Waals surface area contributed by atoms with Crippen molar-refractivity contribution in [3.05, 3.63) is 54.6 Å². The lowest BCUT2D eigenvalue weighted by Gasteiger charge is -2.13. The molecule has 0 spiro atoms. The van der Waals surface area contributed by atoms with Gasteiger partial charge in [0, 0.05) is 48.9 Å². The number of nitrogens with zero attached hydrogens (tertiary/aromatic N) is 4. The van der Waals surface area contributed by atoms with Gasteiger partial charge in [0.05, 0.1) is 12.8 Å². The molecule has 0 aliphatic heterocycles. The largest absolute Gasteiger partial charge is 0.494 e. The van der Waals surface area contributed by atoms with Crippen LogP contribution in [0.4, 0.5) is 21.8 Å². The van der Waals surface area contributed by atoms with Crippen molar-refractivity contribution in [3.8, 4) is 17.0 Å². The molecule has 0 radical (unpaired) electrons. The van der Waals surface area contributed by atoms with Crippen LogP contribution in [0.2, 0.25) is 0 Å². The fraction of sp³-hybridized carbons (Fsp3) is 0.250. The number of likely N-dealkylation sites (N-methyl/N-ethyl adjacent to an activating group) is 1. The minimum atomic E-state index is -0.446. The predicted molar refractivity (Wildman–Crippen MR) is 109 cm³/mol. The Morgan fingerprint density at radius 1 is 1.14 bits per heavy atom. The minimum absolute atomic E-state index is 0.190. The number of methoxy groups -OCH3 is 1. The number of nitrogens with one attached hydrogen (secondary N) is 2. The van der Waals surface area contributed by atoms with Crippen molar-refractivity contribution in [2.75, 3.05) is 44.9 Å². The summed E-state index contributed by atoms with van der Waals surface area (Å²) < 4.78 is 19.0. The maximum atomic E-state index is 14.0. The molecule has 7 nitrogen and oxygen atoms in total. The molecule has 0 saturated heterocycles. The monoisotopic (exact) mass is 382 g/mol. The molecule has 0 atom stereocenters. The molecular weight excluding hydrogens is 359 g/mol. The lowest BCUT2D eigenvalue weighted by atomic mass is 10.2. The second kappa shape index (κ2) is 9.09. The quantitative estimate of drug-likeness (QED) is 0.618. The Morgan fingerprint density at radius 3 is 2.68 bits per heavy atom. The van der Waals surface area contributed by atoms with Gasteiger partial charge in [-0.25, -0.2) is 9.37 Å². The van der Waals surface area contributed by atoms with Crippen molar-refractivity contribution in [3.63, 3.8) is 0 Å². The number of ether oxygens (including phenoxy) is 1. The lowest BCUT2D eigenvalue weighted by Crippen LogP contribution is -2.21. The Morgan fingerprint density at radius 2 is 2.00 bits per heavy atom. The van der Waals surface area contributed by atoms with E-state index in [1.54, 1.807) is 30.6 Å². The first-order valence-corrected chi connectivity index (χ1v) is 8.84. The van der Waals surface area contributed by atoms with Gasteiger partial charge in [0.1, 0.15) is 5.82 Å². The van der Waals surface area contributed by atoms with Crippen LogP contribution in [0.5, 0.6) is 5.75 Å². The number of hydrogen-bond acceptors (Lipinski definition) is 7. The molecule has 0 fully saturated rings. The summed E-state index contributed by atoms with van der Waals surface area (Å²) in [6, 6.07) is 10.2. The van der Waals surface area contributed by atoms with Gasteiger partial charge in [-0.3, -0.25) is 4.98 Å². The summed E-state index contributed by atoms with van der Waals surface area (Å²) in [6.45, 7) is 1.53. The normalized spacial score (nSPS) is 10.8. The summed E-state index contributed by atoms with van der Waals surface area (Å²) in [4.78, 5) is 15.3. The Kier molecular flexibility index (Phi) is 6.33. The number of aromatic nitrogens is 3. The van der Waals surface area contributed by atoms with Gasteiger partial charge in [0.2, 0.25) is 5.95 Å². The van der Waals surface area contributed by atoms with E-state index in [-0.39, 0.29) is 5.75 Å². The van der Waals surface area contributed by atoms with Crippen LogP contribution < -0.4 is 15.4 Å². The highest BCUT2D eigenvalue weighted by Gasteiger charge is 2.09. The van der Waals surface area contributed by atoms with Gasteiger partial charge in [-0.1, -0.05) is 0 Å². The number of hydrogen-bond donors (Lipinski definition) is 2. The first-order chi connectivity index (χ1) is 13.5. The maximum absolute atomic E-state index is 14.0. The molecular formula is C20H23FN6O. The van der Waals surface area contributed by atoms with E-state index in [9.17, 15) is 4.39 Å². The number of pyridine rings is 1. The Hall–Kier alpha value is -3.26. The van der Waals surface area contributed by atoms with E-state index in [4.69, 9.17) is 4.74 Å². The third kappa shape index (κ3) is 5.14. The fourth-order valence-electron chi connectivity index (χ4n) is 2.54. The highest BCUT2D eigenvalue weighted by molar-refractivity contribution is 5.67. The van der Waals surface area contributed by atoms with Gasteiger partial charge >= 0.3 is 0 Å². The van der Waals surface area contributed by atoms with Crippen LogP contribution in [0.15, 0.2) is 48.8 Å². The fourth-order valence-corrected chi connectivity index (χ4v) is 2.54. The van der Waals surface area contributed by atoms with Gasteiger partial charge in [0.15, 0.2) is 11.6 Å². The second-order valence-electron chi connectivity index (χ2n) is 6.41. The first-order valence-electron chi connectivity index (χ1n) is 8.84. The Bertz CT molecular complexity index is 920. The highest BCUT2D eigenvalue weighted by atomic mass is 19.1. The van der Waals surface area contributed by atoms with Crippen LogP contribution in [0, 0.1) is 5.82 Å². The van der Waals surface area contributed by atoms with Crippen LogP contribution >= 0.6 is 0 Å². The smallest absolute Gasteiger partial charge is 0.225 e. The van der Waals surface area contributed by atoms with E-state index in [0.29, 0.717) is 29.7 Å². The van der Waals surface area contributed by atoms with E-state index in [1.165, 1.54) is 13.2 Å². The molecule has 3 rings (SSSR count). The third-order valence-electron chi connectivity index (χ3n) is 3.95. The molecule has 0 saturated carbocycles. The number of benzene rings is 1. The summed E-state index contributed by atoms with van der Waals surface area (Å²) in [7, 11) is 5.43. The van der Waals surface area contributed by atoms with E-state index >= 15 is 0 Å². The van der Waals surface area contributed by atoms with Crippen molar-refractivity contribution < 1.29 is 9.13 Å². The third-order valence-corrected chi connectivity index (χ3v) is 3.95. The second-order valence-corrected chi connectivity index (χ2v) is 6.41. The van der Waals surface area contributed by atoms with Gasteiger partial charge in [0.25, 0.3) is 0 Å². The van der Waals surface area contributed by atoms with Gasteiger partial charge in [-0.05, 0) is 38.4 Å². The topological polar surface area (TPSA) is 75.2 Å². The average Bonchev–Trinajstić information content (AvgIpc) is 2.68. The van der Waals surface area contributed by atoms with Gasteiger partial charge in [-0.15, -0.1) is 0 Å². The highest BCUT2D eigenvalue weighted by Crippen LogP contribution is 2.26. The SMILES string of the molecule is COc1ccc(Nc2cc(-c3cccnc3)nc(NCCN(C)C)n2)cc1F. The zero-order valence-electron chi connectivity index (χ0n) is 16.1. The standard InChI is InChI=1S/C20H23FN6O/c1-27(2)10-9-23-20-25-17(14-5-4-8-22-13-14)12-19(26-20)24-15-6-7-18(28-3)16(21)11-15/h4-8,11-13H,9-10H2,1-3H3,(H2,23,24,25,26). The molecule has 0 bridgehead atoms. The van der Waals surface area contributed by atoms with Crippen LogP contribution in [0.3, 0.4) is 0 Å². The zero-order chi connectivity index (χ0) is 19.9. The number of anilines is 3. The summed E-state index contributed by atoms with van der Waals surface area (Å²) >= 11 is 0. The molecule has 0 amide bonds. The van der Waals surface area contributed by atoms with Crippen molar-refractivity contribution in [2.45, 2.75) is 0 Å². The first kappa shape index (κ1) is 19.5. The van der Waals surface area contributed by atoms with Crippen molar-refractivity contribution in [2.24, 2.45) is 0 Å². The molecule has 28 heavy (non-hydrogen) atoms. The van der Waals surface area contributed by atoms with E-state index in [2.05, 4.69) is 30.5 Å². The predicted octanol–water partition coefficient (Wildman–Crippen LogP) is 3.40. The van der Waals surface area contributed by atoms with Crippen LogP contribution in [0.1, 0.15) is 0 Å². The van der Waals surface area contributed by atoms with E-state index < -0.39 is 5.82 Å². The summed E-state index contributed by atoms with van der Waals surface area (Å²) in [6.07, 6.45) is 3.45. The molecule has 146 valence electrons. The summed E-state index contributed by atoms with van der Waals surface area (Å²) in [5.41, 5.74) is 2.14. The zero-order valence-corrected chi connectivity index (χ0v) is 16.1. The van der Waals surface area contributed by atoms with Crippen LogP contribution in [-0.2, 0) is 0 Å². The summed E-state index contributed by atoms with van der Waals surface area (Å²) in [5.74, 6) is 0.777. The molecule has 8 heteroatoms.